The lowest BCUT2D eigenvalue weighted by molar-refractivity contribution is -0.128. The summed E-state index contributed by atoms with van der Waals surface area (Å²) in [5, 5.41) is 0. The first-order valence-corrected chi connectivity index (χ1v) is 6.91. The Labute approximate surface area is 114 Å². The molecule has 1 heterocycles. The van der Waals surface area contributed by atoms with E-state index in [2.05, 4.69) is 13.0 Å². The smallest absolute Gasteiger partial charge is 0.227 e. The van der Waals surface area contributed by atoms with Gasteiger partial charge in [0.15, 0.2) is 0 Å². The summed E-state index contributed by atoms with van der Waals surface area (Å²) < 4.78 is 5.50. The van der Waals surface area contributed by atoms with Crippen LogP contribution in [0.3, 0.4) is 0 Å². The van der Waals surface area contributed by atoms with Gasteiger partial charge in [-0.15, -0.1) is 0 Å². The van der Waals surface area contributed by atoms with Gasteiger partial charge >= 0.3 is 0 Å². The zero-order valence-electron chi connectivity index (χ0n) is 11.9. The van der Waals surface area contributed by atoms with Crippen LogP contribution in [0.1, 0.15) is 37.8 Å². The summed E-state index contributed by atoms with van der Waals surface area (Å²) in [5.74, 6) is 1.10. The van der Waals surface area contributed by atoms with Crippen LogP contribution in [0.4, 0.5) is 0 Å². The van der Waals surface area contributed by atoms with Crippen LogP contribution in [-0.2, 0) is 4.79 Å². The summed E-state index contributed by atoms with van der Waals surface area (Å²) in [6.07, 6.45) is 3.61. The fraction of sp³-hybridized carbons (Fsp3) is 0.438. The molecule has 0 aliphatic carbocycles. The lowest BCUT2D eigenvalue weighted by Crippen LogP contribution is -2.31. The van der Waals surface area contributed by atoms with E-state index in [1.54, 1.807) is 0 Å². The van der Waals surface area contributed by atoms with Crippen molar-refractivity contribution in [3.05, 3.63) is 35.4 Å². The van der Waals surface area contributed by atoms with Gasteiger partial charge in [0.2, 0.25) is 5.91 Å². The van der Waals surface area contributed by atoms with Crippen LogP contribution in [-0.4, -0.2) is 24.0 Å². The zero-order valence-corrected chi connectivity index (χ0v) is 11.9. The number of benzene rings is 1. The van der Waals surface area contributed by atoms with Gasteiger partial charge in [0.1, 0.15) is 5.75 Å². The van der Waals surface area contributed by atoms with Crippen molar-refractivity contribution in [2.45, 2.75) is 33.6 Å². The zero-order chi connectivity index (χ0) is 13.8. The van der Waals surface area contributed by atoms with E-state index >= 15 is 0 Å². The Morgan fingerprint density at radius 2 is 2.11 bits per heavy atom. The molecule has 0 saturated carbocycles. The van der Waals surface area contributed by atoms with Crippen LogP contribution >= 0.6 is 0 Å². The fourth-order valence-electron chi connectivity index (χ4n) is 2.49. The molecule has 19 heavy (non-hydrogen) atoms. The van der Waals surface area contributed by atoms with Gasteiger partial charge in [-0.3, -0.25) is 4.79 Å². The molecule has 1 amide bonds. The number of nitrogens with zero attached hydrogens (tertiary/aromatic N) is 1. The Hall–Kier alpha value is -1.77. The lowest BCUT2D eigenvalue weighted by Gasteiger charge is -2.28. The number of aryl methyl sites for hydroxylation is 1. The van der Waals surface area contributed by atoms with Gasteiger partial charge in [0.05, 0.1) is 6.61 Å². The maximum absolute atomic E-state index is 12.0. The highest BCUT2D eigenvalue weighted by Gasteiger charge is 2.22. The summed E-state index contributed by atoms with van der Waals surface area (Å²) in [6, 6.07) is 6.06. The van der Waals surface area contributed by atoms with Crippen molar-refractivity contribution in [3.63, 3.8) is 0 Å². The van der Waals surface area contributed by atoms with Crippen LogP contribution in [0.15, 0.2) is 24.3 Å². The maximum Gasteiger partial charge on any atom is 0.227 e. The molecule has 0 aromatic heterocycles. The van der Waals surface area contributed by atoms with E-state index in [9.17, 15) is 4.79 Å². The minimum Gasteiger partial charge on any atom is -0.494 e. The normalized spacial score (nSPS) is 15.4. The minimum atomic E-state index is 0.216. The summed E-state index contributed by atoms with van der Waals surface area (Å²) in [4.78, 5) is 13.8. The predicted octanol–water partition coefficient (Wildman–Crippen LogP) is 3.38. The number of carbonyl (C=O) groups is 1. The van der Waals surface area contributed by atoms with Crippen molar-refractivity contribution in [2.24, 2.45) is 0 Å². The second-order valence-electron chi connectivity index (χ2n) is 4.68. The van der Waals surface area contributed by atoms with Gasteiger partial charge in [-0.1, -0.05) is 6.08 Å². The van der Waals surface area contributed by atoms with Crippen molar-refractivity contribution >= 4 is 11.6 Å². The molecular weight excluding hydrogens is 238 g/mol. The van der Waals surface area contributed by atoms with Crippen molar-refractivity contribution in [1.29, 1.82) is 0 Å². The number of hydrogen-bond acceptors (Lipinski definition) is 2. The highest BCUT2D eigenvalue weighted by molar-refractivity contribution is 5.89. The van der Waals surface area contributed by atoms with Gasteiger partial charge < -0.3 is 9.64 Å². The molecule has 0 N–H and O–H groups in total. The van der Waals surface area contributed by atoms with Crippen LogP contribution in [0.5, 0.6) is 5.75 Å². The molecule has 1 aromatic carbocycles. The Balaban J connectivity index is 2.35. The quantitative estimate of drug-likeness (QED) is 0.829. The summed E-state index contributed by atoms with van der Waals surface area (Å²) >= 11 is 0. The number of allylic oxidation sites excluding steroid dienone is 1. The number of amides is 1. The predicted molar refractivity (Wildman–Crippen MR) is 76.9 cm³/mol. The van der Waals surface area contributed by atoms with Gasteiger partial charge in [-0.25, -0.2) is 0 Å². The molecule has 102 valence electrons. The van der Waals surface area contributed by atoms with E-state index < -0.39 is 0 Å². The van der Waals surface area contributed by atoms with Crippen molar-refractivity contribution in [3.8, 4) is 5.75 Å². The molecular formula is C16H21NO2. The molecule has 0 fully saturated rings. The second kappa shape index (κ2) is 5.91. The van der Waals surface area contributed by atoms with Gasteiger partial charge in [0, 0.05) is 24.2 Å². The summed E-state index contributed by atoms with van der Waals surface area (Å²) in [7, 11) is 0. The van der Waals surface area contributed by atoms with Gasteiger partial charge in [-0.05, 0) is 51.0 Å². The first kappa shape index (κ1) is 13.7. The van der Waals surface area contributed by atoms with E-state index in [-0.39, 0.29) is 5.91 Å². The molecule has 0 saturated heterocycles. The molecule has 0 spiro atoms. The van der Waals surface area contributed by atoms with Gasteiger partial charge in [0.25, 0.3) is 0 Å². The van der Waals surface area contributed by atoms with Crippen LogP contribution in [0.2, 0.25) is 0 Å². The van der Waals surface area contributed by atoms with Crippen LogP contribution in [0.25, 0.3) is 5.70 Å². The Morgan fingerprint density at radius 1 is 1.32 bits per heavy atom. The lowest BCUT2D eigenvalue weighted by atomic mass is 10.00. The first-order chi connectivity index (χ1) is 9.17. The number of hydrogen-bond donors (Lipinski definition) is 0. The average molecular weight is 259 g/mol. The van der Waals surface area contributed by atoms with Crippen molar-refractivity contribution in [2.75, 3.05) is 13.2 Å². The first-order valence-electron chi connectivity index (χ1n) is 6.91. The number of ether oxygens (including phenoxy) is 1. The standard InChI is InChI=1S/C16H21NO2/c1-4-17-15(7-6-8-16(17)18)14-10-9-13(19-5-2)11-12(14)3/h7,9-11H,4-6,8H2,1-3H3. The van der Waals surface area contributed by atoms with E-state index in [1.165, 1.54) is 0 Å². The van der Waals surface area contributed by atoms with E-state index in [0.717, 1.165) is 35.5 Å². The molecule has 0 bridgehead atoms. The molecule has 1 aliphatic rings. The number of rotatable bonds is 4. The molecule has 0 atom stereocenters. The molecule has 2 rings (SSSR count). The third kappa shape index (κ3) is 2.80. The Bertz CT molecular complexity index is 505. The van der Waals surface area contributed by atoms with E-state index in [0.29, 0.717) is 13.0 Å². The maximum atomic E-state index is 12.0. The highest BCUT2D eigenvalue weighted by atomic mass is 16.5. The summed E-state index contributed by atoms with van der Waals surface area (Å²) in [6.45, 7) is 7.44. The van der Waals surface area contributed by atoms with Crippen molar-refractivity contribution < 1.29 is 9.53 Å². The third-order valence-corrected chi connectivity index (χ3v) is 3.39. The second-order valence-corrected chi connectivity index (χ2v) is 4.68. The largest absolute Gasteiger partial charge is 0.494 e. The van der Waals surface area contributed by atoms with Crippen LogP contribution < -0.4 is 4.74 Å². The van der Waals surface area contributed by atoms with E-state index in [1.807, 2.05) is 36.9 Å². The average Bonchev–Trinajstić information content (AvgIpc) is 2.39. The van der Waals surface area contributed by atoms with Crippen molar-refractivity contribution in [1.82, 2.24) is 4.90 Å². The molecule has 0 unspecified atom stereocenters. The topological polar surface area (TPSA) is 29.5 Å². The SMILES string of the molecule is CCOc1ccc(C2=CCCC(=O)N2CC)c(C)c1. The molecule has 3 heteroatoms. The third-order valence-electron chi connectivity index (χ3n) is 3.39. The van der Waals surface area contributed by atoms with Crippen LogP contribution in [0, 0.1) is 6.92 Å². The molecule has 1 aliphatic heterocycles. The number of carbonyl (C=O) groups excluding carboxylic acids is 1. The summed E-state index contributed by atoms with van der Waals surface area (Å²) in [5.41, 5.74) is 3.31. The molecule has 1 aromatic rings. The Morgan fingerprint density at radius 3 is 2.74 bits per heavy atom. The fourth-order valence-corrected chi connectivity index (χ4v) is 2.49. The molecule has 3 nitrogen and oxygen atoms in total. The minimum absolute atomic E-state index is 0.216. The highest BCUT2D eigenvalue weighted by Crippen LogP contribution is 2.29. The van der Waals surface area contributed by atoms with E-state index in [4.69, 9.17) is 4.74 Å². The molecule has 0 radical (unpaired) electrons. The van der Waals surface area contributed by atoms with Gasteiger partial charge in [-0.2, -0.15) is 0 Å². The monoisotopic (exact) mass is 259 g/mol. The Kier molecular flexibility index (Phi) is 4.25.